The van der Waals surface area contributed by atoms with Gasteiger partial charge in [-0.25, -0.2) is 0 Å². The van der Waals surface area contributed by atoms with Gasteiger partial charge in [-0.15, -0.1) is 0 Å². The molecule has 0 saturated carbocycles. The zero-order valence-electron chi connectivity index (χ0n) is 11.9. The van der Waals surface area contributed by atoms with Gasteiger partial charge in [-0.2, -0.15) is 18.3 Å². The molecule has 0 radical (unpaired) electrons. The van der Waals surface area contributed by atoms with E-state index in [2.05, 4.69) is 10.4 Å². The number of aromatic hydroxyl groups is 1. The SMILES string of the molecule is COc1cc(CNCc2ccnn2CC(F)(F)F)ccc1O. The Bertz CT molecular complexity index is 626. The number of rotatable bonds is 6. The van der Waals surface area contributed by atoms with E-state index in [9.17, 15) is 18.3 Å². The molecule has 0 aliphatic carbocycles. The van der Waals surface area contributed by atoms with Gasteiger partial charge in [-0.1, -0.05) is 6.07 Å². The summed E-state index contributed by atoms with van der Waals surface area (Å²) in [5.74, 6) is 0.385. The Morgan fingerprint density at radius 3 is 2.73 bits per heavy atom. The van der Waals surface area contributed by atoms with Gasteiger partial charge < -0.3 is 15.2 Å². The molecule has 0 atom stereocenters. The third kappa shape index (κ3) is 4.39. The molecule has 8 heteroatoms. The summed E-state index contributed by atoms with van der Waals surface area (Å²) in [5, 5.41) is 16.2. The van der Waals surface area contributed by atoms with Crippen LogP contribution in [0.15, 0.2) is 30.5 Å². The molecule has 120 valence electrons. The summed E-state index contributed by atoms with van der Waals surface area (Å²) in [6.07, 6.45) is -2.96. The Morgan fingerprint density at radius 1 is 1.27 bits per heavy atom. The molecular formula is C14H16F3N3O2. The number of ether oxygens (including phenoxy) is 1. The number of aromatic nitrogens is 2. The van der Waals surface area contributed by atoms with Gasteiger partial charge in [0.15, 0.2) is 11.5 Å². The number of methoxy groups -OCH3 is 1. The zero-order valence-corrected chi connectivity index (χ0v) is 11.9. The molecule has 0 fully saturated rings. The quantitative estimate of drug-likeness (QED) is 0.860. The molecule has 0 saturated heterocycles. The van der Waals surface area contributed by atoms with Crippen molar-refractivity contribution >= 4 is 0 Å². The number of nitrogens with one attached hydrogen (secondary N) is 1. The lowest BCUT2D eigenvalue weighted by molar-refractivity contribution is -0.143. The minimum absolute atomic E-state index is 0.0366. The Balaban J connectivity index is 1.93. The molecule has 2 rings (SSSR count). The number of nitrogens with zero attached hydrogens (tertiary/aromatic N) is 2. The smallest absolute Gasteiger partial charge is 0.408 e. The average molecular weight is 315 g/mol. The van der Waals surface area contributed by atoms with Gasteiger partial charge in [0, 0.05) is 19.3 Å². The number of hydrogen-bond acceptors (Lipinski definition) is 4. The normalized spacial score (nSPS) is 11.6. The van der Waals surface area contributed by atoms with E-state index in [0.717, 1.165) is 10.2 Å². The van der Waals surface area contributed by atoms with Crippen molar-refractivity contribution in [3.05, 3.63) is 41.7 Å². The van der Waals surface area contributed by atoms with E-state index in [-0.39, 0.29) is 12.3 Å². The van der Waals surface area contributed by atoms with Gasteiger partial charge in [-0.3, -0.25) is 4.68 Å². The first-order valence-electron chi connectivity index (χ1n) is 6.53. The molecular weight excluding hydrogens is 299 g/mol. The Labute approximate surface area is 125 Å². The predicted molar refractivity (Wildman–Crippen MR) is 73.5 cm³/mol. The fourth-order valence-corrected chi connectivity index (χ4v) is 1.99. The van der Waals surface area contributed by atoms with E-state index < -0.39 is 12.7 Å². The summed E-state index contributed by atoms with van der Waals surface area (Å²) in [4.78, 5) is 0. The van der Waals surface area contributed by atoms with Crippen LogP contribution in [0.1, 0.15) is 11.3 Å². The van der Waals surface area contributed by atoms with Crippen molar-refractivity contribution in [3.8, 4) is 11.5 Å². The van der Waals surface area contributed by atoms with Gasteiger partial charge >= 0.3 is 6.18 Å². The van der Waals surface area contributed by atoms with E-state index in [0.29, 0.717) is 18.0 Å². The number of phenolic OH excluding ortho intramolecular Hbond substituents is 1. The van der Waals surface area contributed by atoms with E-state index in [4.69, 9.17) is 4.74 Å². The number of alkyl halides is 3. The minimum Gasteiger partial charge on any atom is -0.504 e. The number of benzene rings is 1. The molecule has 0 bridgehead atoms. The van der Waals surface area contributed by atoms with Crippen LogP contribution in [0.25, 0.3) is 0 Å². The molecule has 0 aliphatic rings. The summed E-state index contributed by atoms with van der Waals surface area (Å²) in [6.45, 7) is -0.433. The minimum atomic E-state index is -4.30. The van der Waals surface area contributed by atoms with Crippen molar-refractivity contribution in [1.29, 1.82) is 0 Å². The summed E-state index contributed by atoms with van der Waals surface area (Å²) < 4.78 is 43.1. The summed E-state index contributed by atoms with van der Waals surface area (Å²) in [7, 11) is 1.45. The van der Waals surface area contributed by atoms with Crippen LogP contribution in [0, 0.1) is 0 Å². The third-order valence-electron chi connectivity index (χ3n) is 3.01. The highest BCUT2D eigenvalue weighted by Gasteiger charge is 2.29. The highest BCUT2D eigenvalue weighted by molar-refractivity contribution is 5.41. The number of phenols is 1. The van der Waals surface area contributed by atoms with Crippen LogP contribution in [-0.4, -0.2) is 28.2 Å². The highest BCUT2D eigenvalue weighted by atomic mass is 19.4. The molecule has 0 unspecified atom stereocenters. The van der Waals surface area contributed by atoms with E-state index >= 15 is 0 Å². The highest BCUT2D eigenvalue weighted by Crippen LogP contribution is 2.26. The number of hydrogen-bond donors (Lipinski definition) is 2. The van der Waals surface area contributed by atoms with Crippen LogP contribution in [-0.2, 0) is 19.6 Å². The fourth-order valence-electron chi connectivity index (χ4n) is 1.99. The molecule has 22 heavy (non-hydrogen) atoms. The summed E-state index contributed by atoms with van der Waals surface area (Å²) >= 11 is 0. The largest absolute Gasteiger partial charge is 0.504 e. The Hall–Kier alpha value is -2.22. The van der Waals surface area contributed by atoms with Gasteiger partial charge in [0.1, 0.15) is 6.54 Å². The second-order valence-electron chi connectivity index (χ2n) is 4.71. The van der Waals surface area contributed by atoms with Gasteiger partial charge in [-0.05, 0) is 23.8 Å². The van der Waals surface area contributed by atoms with Crippen LogP contribution in [0.3, 0.4) is 0 Å². The van der Waals surface area contributed by atoms with Gasteiger partial charge in [0.05, 0.1) is 12.8 Å². The summed E-state index contributed by atoms with van der Waals surface area (Å²) in [5.41, 5.74) is 1.29. The van der Waals surface area contributed by atoms with Crippen molar-refractivity contribution in [2.45, 2.75) is 25.8 Å². The molecule has 0 amide bonds. The van der Waals surface area contributed by atoms with Crippen LogP contribution in [0.4, 0.5) is 13.2 Å². The van der Waals surface area contributed by atoms with Crippen molar-refractivity contribution in [2.24, 2.45) is 0 Å². The average Bonchev–Trinajstić information content (AvgIpc) is 2.86. The van der Waals surface area contributed by atoms with E-state index in [1.54, 1.807) is 12.1 Å². The van der Waals surface area contributed by atoms with Crippen LogP contribution < -0.4 is 10.1 Å². The maximum atomic E-state index is 12.4. The molecule has 5 nitrogen and oxygen atoms in total. The van der Waals surface area contributed by atoms with Crippen LogP contribution in [0.5, 0.6) is 11.5 Å². The first-order chi connectivity index (χ1) is 10.4. The molecule has 1 aromatic carbocycles. The Kier molecular flexibility index (Phi) is 4.92. The first-order valence-corrected chi connectivity index (χ1v) is 6.53. The van der Waals surface area contributed by atoms with E-state index in [1.807, 2.05) is 0 Å². The molecule has 1 aromatic heterocycles. The maximum absolute atomic E-state index is 12.4. The fraction of sp³-hybridized carbons (Fsp3) is 0.357. The third-order valence-corrected chi connectivity index (χ3v) is 3.01. The van der Waals surface area contributed by atoms with Crippen molar-refractivity contribution in [1.82, 2.24) is 15.1 Å². The summed E-state index contributed by atoms with van der Waals surface area (Å²) in [6, 6.07) is 6.41. The van der Waals surface area contributed by atoms with Crippen molar-refractivity contribution in [2.75, 3.05) is 7.11 Å². The molecule has 1 heterocycles. The van der Waals surface area contributed by atoms with Crippen molar-refractivity contribution in [3.63, 3.8) is 0 Å². The van der Waals surface area contributed by atoms with Gasteiger partial charge in [0.2, 0.25) is 0 Å². The molecule has 0 aliphatic heterocycles. The lowest BCUT2D eigenvalue weighted by atomic mass is 10.2. The zero-order chi connectivity index (χ0) is 16.2. The van der Waals surface area contributed by atoms with E-state index in [1.165, 1.54) is 25.4 Å². The standard InChI is InChI=1S/C14H16F3N3O2/c1-22-13-6-10(2-3-12(13)21)7-18-8-11-4-5-19-20(11)9-14(15,16)17/h2-6,18,21H,7-9H2,1H3. The molecule has 2 aromatic rings. The van der Waals surface area contributed by atoms with Crippen molar-refractivity contribution < 1.29 is 23.0 Å². The maximum Gasteiger partial charge on any atom is 0.408 e. The van der Waals surface area contributed by atoms with Gasteiger partial charge in [0.25, 0.3) is 0 Å². The molecule has 2 N–H and O–H groups in total. The first kappa shape index (κ1) is 16.2. The second kappa shape index (κ2) is 6.69. The van der Waals surface area contributed by atoms with Crippen LogP contribution in [0.2, 0.25) is 0 Å². The van der Waals surface area contributed by atoms with Crippen LogP contribution >= 0.6 is 0 Å². The molecule has 0 spiro atoms. The monoisotopic (exact) mass is 315 g/mol. The predicted octanol–water partition coefficient (Wildman–Crippen LogP) is 2.45. The number of halogens is 3. The lowest BCUT2D eigenvalue weighted by Gasteiger charge is -2.11. The topological polar surface area (TPSA) is 59.3 Å². The Morgan fingerprint density at radius 2 is 2.05 bits per heavy atom. The lowest BCUT2D eigenvalue weighted by Crippen LogP contribution is -2.23. The second-order valence-corrected chi connectivity index (χ2v) is 4.71.